The number of benzene rings is 1. The number of anilines is 1. The van der Waals surface area contributed by atoms with Crippen LogP contribution in [0, 0.1) is 13.8 Å². The summed E-state index contributed by atoms with van der Waals surface area (Å²) in [6, 6.07) is 5.50. The predicted molar refractivity (Wildman–Crippen MR) is 114 cm³/mol. The average Bonchev–Trinajstić information content (AvgIpc) is 2.56. The zero-order valence-electron chi connectivity index (χ0n) is 17.4. The number of carbonyl (C=O) groups excluding carboxylic acids is 1. The first kappa shape index (κ1) is 22.7. The van der Waals surface area contributed by atoms with Crippen molar-refractivity contribution in [3.63, 3.8) is 0 Å². The van der Waals surface area contributed by atoms with E-state index in [4.69, 9.17) is 15.6 Å². The topological polar surface area (TPSA) is 115 Å². The highest BCUT2D eigenvalue weighted by Gasteiger charge is 2.21. The monoisotopic (exact) mass is 417 g/mol. The quantitative estimate of drug-likeness (QED) is 0.297. The van der Waals surface area contributed by atoms with Gasteiger partial charge in [-0.15, -0.1) is 11.8 Å². The molecule has 7 nitrogen and oxygen atoms in total. The van der Waals surface area contributed by atoms with Gasteiger partial charge in [0.1, 0.15) is 10.6 Å². The van der Waals surface area contributed by atoms with Crippen molar-refractivity contribution in [1.82, 2.24) is 9.97 Å². The molecule has 0 radical (unpaired) electrons. The lowest BCUT2D eigenvalue weighted by molar-refractivity contribution is -0.137. The number of nitrogen functional groups attached to an aromatic ring is 1. The van der Waals surface area contributed by atoms with Gasteiger partial charge < -0.3 is 15.6 Å². The second-order valence-corrected chi connectivity index (χ2v) is 8.89. The maximum absolute atomic E-state index is 12.6. The van der Waals surface area contributed by atoms with Crippen molar-refractivity contribution >= 4 is 29.6 Å². The summed E-state index contributed by atoms with van der Waals surface area (Å²) in [6.07, 6.45) is 0.641. The maximum Gasteiger partial charge on any atom is 0.338 e. The Bertz CT molecular complexity index is 923. The number of carboxylic acid groups (broad SMARTS) is 1. The molecular weight excluding hydrogens is 390 g/mol. The first-order valence-electron chi connectivity index (χ1n) is 9.30. The number of carboxylic acids is 1. The standard InChI is InChI=1S/C21H27N3O4S/c1-12-9-13(2)15(19(27)28-21(3,4)5)10-14(12)16-11-17(24-20(22)23-16)29-8-6-7-18(25)26/h9-11H,6-8H2,1-5H3,(H,25,26)(H2,22,23,24). The van der Waals surface area contributed by atoms with Gasteiger partial charge >= 0.3 is 11.9 Å². The normalized spacial score (nSPS) is 11.3. The second-order valence-electron chi connectivity index (χ2n) is 7.78. The zero-order chi connectivity index (χ0) is 21.8. The molecule has 0 saturated heterocycles. The number of esters is 1. The summed E-state index contributed by atoms with van der Waals surface area (Å²) in [5, 5.41) is 9.41. The SMILES string of the molecule is Cc1cc(C)c(-c2cc(SCCCC(=O)O)nc(N)n2)cc1C(=O)OC(C)(C)C. The van der Waals surface area contributed by atoms with E-state index in [1.165, 1.54) is 11.8 Å². The first-order valence-corrected chi connectivity index (χ1v) is 10.3. The molecule has 2 aromatic rings. The predicted octanol–water partition coefficient (Wildman–Crippen LogP) is 4.25. The van der Waals surface area contributed by atoms with E-state index in [0.717, 1.165) is 16.7 Å². The summed E-state index contributed by atoms with van der Waals surface area (Å²) >= 11 is 1.43. The van der Waals surface area contributed by atoms with Crippen LogP contribution in [0.2, 0.25) is 0 Å². The van der Waals surface area contributed by atoms with Crippen LogP contribution in [0.15, 0.2) is 23.2 Å². The Balaban J connectivity index is 2.34. The van der Waals surface area contributed by atoms with Crippen molar-refractivity contribution in [1.29, 1.82) is 0 Å². The smallest absolute Gasteiger partial charge is 0.338 e. The number of aromatic nitrogens is 2. The van der Waals surface area contributed by atoms with Gasteiger partial charge in [-0.2, -0.15) is 0 Å². The number of aryl methyl sites for hydroxylation is 2. The third kappa shape index (κ3) is 6.74. The minimum atomic E-state index is -0.821. The van der Waals surface area contributed by atoms with Crippen LogP contribution in [0.4, 0.5) is 5.95 Å². The summed E-state index contributed by atoms with van der Waals surface area (Å²) in [5.41, 5.74) is 8.95. The molecule has 1 heterocycles. The molecule has 156 valence electrons. The number of nitrogens with zero attached hydrogens (tertiary/aromatic N) is 2. The Morgan fingerprint density at radius 2 is 1.83 bits per heavy atom. The molecule has 0 spiro atoms. The molecule has 0 aliphatic carbocycles. The fourth-order valence-electron chi connectivity index (χ4n) is 2.74. The highest BCUT2D eigenvalue weighted by atomic mass is 32.2. The highest BCUT2D eigenvalue weighted by molar-refractivity contribution is 7.99. The van der Waals surface area contributed by atoms with Gasteiger partial charge in [0.25, 0.3) is 0 Å². The van der Waals surface area contributed by atoms with E-state index in [9.17, 15) is 9.59 Å². The molecule has 1 aromatic carbocycles. The van der Waals surface area contributed by atoms with Crippen molar-refractivity contribution in [3.05, 3.63) is 34.9 Å². The van der Waals surface area contributed by atoms with E-state index in [1.54, 1.807) is 12.1 Å². The number of hydrogen-bond donors (Lipinski definition) is 2. The molecule has 0 aliphatic rings. The van der Waals surface area contributed by atoms with Gasteiger partial charge in [-0.3, -0.25) is 4.79 Å². The van der Waals surface area contributed by atoms with Crippen LogP contribution < -0.4 is 5.73 Å². The number of rotatable bonds is 7. The molecule has 0 unspecified atom stereocenters. The average molecular weight is 418 g/mol. The molecule has 0 atom stereocenters. The fraction of sp³-hybridized carbons (Fsp3) is 0.429. The largest absolute Gasteiger partial charge is 0.481 e. The molecule has 1 aromatic heterocycles. The third-order valence-electron chi connectivity index (χ3n) is 3.97. The van der Waals surface area contributed by atoms with Crippen molar-refractivity contribution in [2.45, 2.75) is 58.1 Å². The van der Waals surface area contributed by atoms with Crippen LogP contribution >= 0.6 is 11.8 Å². The van der Waals surface area contributed by atoms with Gasteiger partial charge in [-0.05, 0) is 64.3 Å². The summed E-state index contributed by atoms with van der Waals surface area (Å²) in [7, 11) is 0. The first-order chi connectivity index (χ1) is 13.5. The minimum Gasteiger partial charge on any atom is -0.481 e. The van der Waals surface area contributed by atoms with Gasteiger partial charge in [0.05, 0.1) is 11.3 Å². The van der Waals surface area contributed by atoms with Crippen LogP contribution in [0.3, 0.4) is 0 Å². The van der Waals surface area contributed by atoms with Crippen LogP contribution in [-0.4, -0.2) is 38.4 Å². The Morgan fingerprint density at radius 1 is 1.14 bits per heavy atom. The number of nitrogens with two attached hydrogens (primary N) is 1. The molecular formula is C21H27N3O4S. The van der Waals surface area contributed by atoms with Crippen molar-refractivity contribution in [3.8, 4) is 11.3 Å². The Morgan fingerprint density at radius 3 is 2.45 bits per heavy atom. The lowest BCUT2D eigenvalue weighted by Crippen LogP contribution is -2.24. The molecule has 0 fully saturated rings. The Kier molecular flexibility index (Phi) is 7.24. The van der Waals surface area contributed by atoms with Crippen LogP contribution in [-0.2, 0) is 9.53 Å². The minimum absolute atomic E-state index is 0.108. The molecule has 8 heteroatoms. The molecule has 0 aliphatic heterocycles. The third-order valence-corrected chi connectivity index (χ3v) is 4.97. The van der Waals surface area contributed by atoms with E-state index in [1.807, 2.05) is 40.7 Å². The van der Waals surface area contributed by atoms with E-state index >= 15 is 0 Å². The number of hydrogen-bond acceptors (Lipinski definition) is 7. The summed E-state index contributed by atoms with van der Waals surface area (Å²) in [4.78, 5) is 31.8. The van der Waals surface area contributed by atoms with Gasteiger partial charge in [-0.1, -0.05) is 6.07 Å². The van der Waals surface area contributed by atoms with Crippen molar-refractivity contribution in [2.75, 3.05) is 11.5 Å². The molecule has 0 bridgehead atoms. The number of carbonyl (C=O) groups is 2. The number of thioether (sulfide) groups is 1. The zero-order valence-corrected chi connectivity index (χ0v) is 18.2. The molecule has 29 heavy (non-hydrogen) atoms. The molecule has 2 rings (SSSR count). The Labute approximate surface area is 175 Å². The van der Waals surface area contributed by atoms with Gasteiger partial charge in [-0.25, -0.2) is 14.8 Å². The fourth-order valence-corrected chi connectivity index (χ4v) is 3.59. The molecule has 3 N–H and O–H groups in total. The van der Waals surface area contributed by atoms with E-state index in [-0.39, 0.29) is 18.3 Å². The number of aliphatic carboxylic acids is 1. The van der Waals surface area contributed by atoms with Crippen molar-refractivity contribution in [2.24, 2.45) is 0 Å². The van der Waals surface area contributed by atoms with Gasteiger partial charge in [0.15, 0.2) is 0 Å². The van der Waals surface area contributed by atoms with Crippen LogP contribution in [0.1, 0.15) is 55.1 Å². The second kappa shape index (κ2) is 9.26. The summed E-state index contributed by atoms with van der Waals surface area (Å²) in [5.74, 6) is -0.472. The summed E-state index contributed by atoms with van der Waals surface area (Å²) in [6.45, 7) is 9.30. The maximum atomic E-state index is 12.6. The van der Waals surface area contributed by atoms with Crippen molar-refractivity contribution < 1.29 is 19.4 Å². The van der Waals surface area contributed by atoms with E-state index < -0.39 is 11.6 Å². The lowest BCUT2D eigenvalue weighted by atomic mass is 9.97. The highest BCUT2D eigenvalue weighted by Crippen LogP contribution is 2.29. The number of ether oxygens (including phenoxy) is 1. The van der Waals surface area contributed by atoms with E-state index in [0.29, 0.717) is 28.5 Å². The van der Waals surface area contributed by atoms with Gasteiger partial charge in [0, 0.05) is 17.7 Å². The van der Waals surface area contributed by atoms with Crippen LogP contribution in [0.5, 0.6) is 0 Å². The lowest BCUT2D eigenvalue weighted by Gasteiger charge is -2.21. The van der Waals surface area contributed by atoms with Gasteiger partial charge in [0.2, 0.25) is 5.95 Å². The molecule has 0 amide bonds. The Hall–Kier alpha value is -2.61. The van der Waals surface area contributed by atoms with E-state index in [2.05, 4.69) is 9.97 Å². The molecule has 0 saturated carbocycles. The summed E-state index contributed by atoms with van der Waals surface area (Å²) < 4.78 is 5.52. The van der Waals surface area contributed by atoms with Crippen LogP contribution in [0.25, 0.3) is 11.3 Å².